The number of carbonyl (C=O) groups excluding carboxylic acids is 2. The maximum absolute atomic E-state index is 13.3. The Kier molecular flexibility index (Phi) is 6.19. The number of rotatable bonds is 5. The van der Waals surface area contributed by atoms with Gasteiger partial charge < -0.3 is 14.6 Å². The van der Waals surface area contributed by atoms with Gasteiger partial charge in [0.15, 0.2) is 0 Å². The summed E-state index contributed by atoms with van der Waals surface area (Å²) >= 11 is 7.70. The van der Waals surface area contributed by atoms with Crippen LogP contribution >= 0.6 is 22.9 Å². The van der Waals surface area contributed by atoms with E-state index in [-0.39, 0.29) is 27.7 Å². The Morgan fingerprint density at radius 1 is 1.06 bits per heavy atom. The molecule has 0 bridgehead atoms. The molecule has 0 spiro atoms. The van der Waals surface area contributed by atoms with E-state index in [0.29, 0.717) is 11.4 Å². The molecule has 1 aromatic heterocycles. The zero-order valence-corrected chi connectivity index (χ0v) is 20.1. The number of ketones is 1. The van der Waals surface area contributed by atoms with Gasteiger partial charge in [-0.1, -0.05) is 29.8 Å². The highest BCUT2D eigenvalue weighted by molar-refractivity contribution is 7.10. The van der Waals surface area contributed by atoms with Crippen molar-refractivity contribution in [2.75, 3.05) is 19.1 Å². The molecule has 1 atom stereocenters. The summed E-state index contributed by atoms with van der Waals surface area (Å²) in [4.78, 5) is 28.8. The first-order chi connectivity index (χ1) is 15.8. The molecule has 1 aliphatic heterocycles. The van der Waals surface area contributed by atoms with E-state index < -0.39 is 17.7 Å². The van der Waals surface area contributed by atoms with E-state index in [4.69, 9.17) is 21.1 Å². The first-order valence-corrected chi connectivity index (χ1v) is 11.4. The fraction of sp³-hybridized carbons (Fsp3) is 0.200. The molecule has 4 rings (SSSR count). The summed E-state index contributed by atoms with van der Waals surface area (Å²) in [5.74, 6) is -1.23. The van der Waals surface area contributed by atoms with Crippen LogP contribution in [-0.4, -0.2) is 31.0 Å². The normalized spacial score (nSPS) is 17.5. The van der Waals surface area contributed by atoms with Crippen LogP contribution in [0.2, 0.25) is 5.02 Å². The zero-order chi connectivity index (χ0) is 23.9. The third-order valence-corrected chi connectivity index (χ3v) is 7.04. The predicted octanol–water partition coefficient (Wildman–Crippen LogP) is 5.66. The molecule has 0 saturated carbocycles. The molecule has 0 radical (unpaired) electrons. The number of anilines is 1. The molecule has 0 aliphatic carbocycles. The van der Waals surface area contributed by atoms with E-state index in [2.05, 4.69) is 0 Å². The van der Waals surface area contributed by atoms with Gasteiger partial charge in [-0.05, 0) is 48.6 Å². The van der Waals surface area contributed by atoms with Gasteiger partial charge in [0.25, 0.3) is 11.7 Å². The third kappa shape index (κ3) is 3.77. The standard InChI is InChI=1S/C25H22ClNO5S/c1-13-7-5-8-17(14(13)2)27-22(20-9-6-10-33-20)21(24(29)25(27)30)23(28)15-11-16(26)19(32-4)12-18(15)31-3/h5-12,22,28H,1-4H3/b23-21-. The largest absolute Gasteiger partial charge is 0.507 e. The first kappa shape index (κ1) is 22.9. The first-order valence-electron chi connectivity index (χ1n) is 10.1. The van der Waals surface area contributed by atoms with E-state index in [1.54, 1.807) is 6.07 Å². The van der Waals surface area contributed by atoms with Crippen LogP contribution in [0.25, 0.3) is 5.76 Å². The molecule has 1 amide bonds. The van der Waals surface area contributed by atoms with Gasteiger partial charge >= 0.3 is 0 Å². The maximum atomic E-state index is 13.3. The Bertz CT molecular complexity index is 1280. The number of hydrogen-bond acceptors (Lipinski definition) is 6. The van der Waals surface area contributed by atoms with Gasteiger partial charge in [0.1, 0.15) is 23.3 Å². The van der Waals surface area contributed by atoms with Crippen molar-refractivity contribution in [3.63, 3.8) is 0 Å². The molecule has 1 unspecified atom stereocenters. The molecule has 3 aromatic rings. The number of aliphatic hydroxyl groups is 1. The number of thiophene rings is 1. The minimum atomic E-state index is -0.795. The minimum absolute atomic E-state index is 0.0251. The van der Waals surface area contributed by atoms with Gasteiger partial charge in [-0.15, -0.1) is 11.3 Å². The molecule has 8 heteroatoms. The zero-order valence-electron chi connectivity index (χ0n) is 18.5. The predicted molar refractivity (Wildman–Crippen MR) is 130 cm³/mol. The van der Waals surface area contributed by atoms with Crippen molar-refractivity contribution >= 4 is 46.1 Å². The Hall–Kier alpha value is -3.29. The lowest BCUT2D eigenvalue weighted by atomic mass is 9.98. The molecule has 1 N–H and O–H groups in total. The molecular formula is C25H22ClNO5S. The van der Waals surface area contributed by atoms with E-state index in [1.165, 1.54) is 42.6 Å². The molecule has 6 nitrogen and oxygen atoms in total. The molecule has 1 saturated heterocycles. The Morgan fingerprint density at radius 2 is 1.79 bits per heavy atom. The second kappa shape index (κ2) is 8.92. The van der Waals surface area contributed by atoms with Crippen LogP contribution in [0, 0.1) is 13.8 Å². The summed E-state index contributed by atoms with van der Waals surface area (Å²) in [5, 5.41) is 13.5. The van der Waals surface area contributed by atoms with Crippen LogP contribution in [0.15, 0.2) is 53.4 Å². The lowest BCUT2D eigenvalue weighted by Crippen LogP contribution is -2.29. The van der Waals surface area contributed by atoms with E-state index in [0.717, 1.165) is 16.0 Å². The lowest BCUT2D eigenvalue weighted by molar-refractivity contribution is -0.132. The van der Waals surface area contributed by atoms with Crippen LogP contribution in [-0.2, 0) is 9.59 Å². The van der Waals surface area contributed by atoms with Crippen LogP contribution in [0.4, 0.5) is 5.69 Å². The average Bonchev–Trinajstić information content (AvgIpc) is 3.42. The number of benzene rings is 2. The van der Waals surface area contributed by atoms with Crippen molar-refractivity contribution < 1.29 is 24.2 Å². The van der Waals surface area contributed by atoms with Crippen LogP contribution in [0.1, 0.15) is 27.6 Å². The molecule has 2 heterocycles. The Morgan fingerprint density at radius 3 is 2.42 bits per heavy atom. The molecule has 1 aliphatic rings. The highest BCUT2D eigenvalue weighted by atomic mass is 35.5. The third-order valence-electron chi connectivity index (χ3n) is 5.82. The number of Topliss-reactive ketones (excluding diaryl/α,β-unsaturated/α-hetero) is 1. The van der Waals surface area contributed by atoms with Crippen molar-refractivity contribution in [1.82, 2.24) is 0 Å². The smallest absolute Gasteiger partial charge is 0.300 e. The van der Waals surface area contributed by atoms with Crippen LogP contribution in [0.5, 0.6) is 11.5 Å². The average molecular weight is 484 g/mol. The fourth-order valence-electron chi connectivity index (χ4n) is 3.98. The summed E-state index contributed by atoms with van der Waals surface area (Å²) in [5.41, 5.74) is 2.66. The number of aryl methyl sites for hydroxylation is 1. The second-order valence-electron chi connectivity index (χ2n) is 7.59. The number of hydrogen-bond donors (Lipinski definition) is 1. The van der Waals surface area contributed by atoms with E-state index in [9.17, 15) is 14.7 Å². The number of carbonyl (C=O) groups is 2. The maximum Gasteiger partial charge on any atom is 0.300 e. The highest BCUT2D eigenvalue weighted by Crippen LogP contribution is 2.46. The molecule has 170 valence electrons. The van der Waals surface area contributed by atoms with E-state index >= 15 is 0 Å². The Labute approximate surface area is 200 Å². The fourth-order valence-corrected chi connectivity index (χ4v) is 5.05. The van der Waals surface area contributed by atoms with Crippen molar-refractivity contribution in [1.29, 1.82) is 0 Å². The summed E-state index contributed by atoms with van der Waals surface area (Å²) in [6, 6.07) is 11.5. The van der Waals surface area contributed by atoms with Crippen molar-refractivity contribution in [2.45, 2.75) is 19.9 Å². The van der Waals surface area contributed by atoms with Crippen molar-refractivity contribution in [3.05, 3.63) is 80.0 Å². The van der Waals surface area contributed by atoms with Gasteiger partial charge in [-0.3, -0.25) is 14.5 Å². The second-order valence-corrected chi connectivity index (χ2v) is 8.98. The quantitative estimate of drug-likeness (QED) is 0.288. The number of methoxy groups -OCH3 is 2. The number of halogens is 1. The number of amides is 1. The van der Waals surface area contributed by atoms with Crippen molar-refractivity contribution in [3.8, 4) is 11.5 Å². The topological polar surface area (TPSA) is 76.1 Å². The van der Waals surface area contributed by atoms with Crippen LogP contribution < -0.4 is 14.4 Å². The summed E-state index contributed by atoms with van der Waals surface area (Å²) in [6.07, 6.45) is 0. The highest BCUT2D eigenvalue weighted by Gasteiger charge is 2.48. The summed E-state index contributed by atoms with van der Waals surface area (Å²) < 4.78 is 10.6. The van der Waals surface area contributed by atoms with Gasteiger partial charge in [0.05, 0.1) is 30.4 Å². The summed E-state index contributed by atoms with van der Waals surface area (Å²) in [7, 11) is 2.90. The number of nitrogens with zero attached hydrogens (tertiary/aromatic N) is 1. The monoisotopic (exact) mass is 483 g/mol. The van der Waals surface area contributed by atoms with Gasteiger partial charge in [-0.2, -0.15) is 0 Å². The minimum Gasteiger partial charge on any atom is -0.507 e. The molecular weight excluding hydrogens is 462 g/mol. The SMILES string of the molecule is COc1cc(OC)c(/C(O)=C2/C(=O)C(=O)N(c3cccc(C)c3C)C2c2cccs2)cc1Cl. The lowest BCUT2D eigenvalue weighted by Gasteiger charge is -2.26. The van der Waals surface area contributed by atoms with Gasteiger partial charge in [-0.25, -0.2) is 0 Å². The number of aliphatic hydroxyl groups excluding tert-OH is 1. The van der Waals surface area contributed by atoms with Gasteiger partial charge in [0, 0.05) is 16.6 Å². The van der Waals surface area contributed by atoms with E-state index in [1.807, 2.05) is 43.5 Å². The van der Waals surface area contributed by atoms with Gasteiger partial charge in [0.2, 0.25) is 0 Å². The molecule has 2 aromatic carbocycles. The Balaban J connectivity index is 1.99. The van der Waals surface area contributed by atoms with Crippen molar-refractivity contribution in [2.24, 2.45) is 0 Å². The molecule has 1 fully saturated rings. The number of ether oxygens (including phenoxy) is 2. The summed E-state index contributed by atoms with van der Waals surface area (Å²) in [6.45, 7) is 3.85. The molecule has 33 heavy (non-hydrogen) atoms. The van der Waals surface area contributed by atoms with Crippen LogP contribution in [0.3, 0.4) is 0 Å².